The number of ketones is 1. The topological polar surface area (TPSA) is 50.4 Å². The molecular formula is C9H12O3. The molecule has 1 N–H and O–H groups in total. The predicted octanol–water partition coefficient (Wildman–Crippen LogP) is 1.54. The highest BCUT2D eigenvalue weighted by Gasteiger charge is 2.08. The first-order valence-corrected chi connectivity index (χ1v) is 3.94. The zero-order valence-corrected chi connectivity index (χ0v) is 7.04. The van der Waals surface area contributed by atoms with Gasteiger partial charge in [0.05, 0.1) is 0 Å². The van der Waals surface area contributed by atoms with Gasteiger partial charge in [-0.3, -0.25) is 4.79 Å². The zero-order chi connectivity index (χ0) is 8.97. The molecule has 0 spiro atoms. The average Bonchev–Trinajstić information content (AvgIpc) is 2.47. The van der Waals surface area contributed by atoms with Gasteiger partial charge in [0.25, 0.3) is 0 Å². The summed E-state index contributed by atoms with van der Waals surface area (Å²) < 4.78 is 5.11. The van der Waals surface area contributed by atoms with Crippen LogP contribution in [0.3, 0.4) is 0 Å². The maximum atomic E-state index is 11.2. The number of carbonyl (C=O) groups is 1. The molecule has 1 rings (SSSR count). The van der Waals surface area contributed by atoms with E-state index in [4.69, 9.17) is 9.52 Å². The average molecular weight is 168 g/mol. The van der Waals surface area contributed by atoms with Gasteiger partial charge in [-0.1, -0.05) is 0 Å². The van der Waals surface area contributed by atoms with Crippen LogP contribution in [0.4, 0.5) is 0 Å². The second kappa shape index (κ2) is 4.07. The minimum atomic E-state index is -0.0443. The molecule has 0 aromatic carbocycles. The van der Waals surface area contributed by atoms with Crippen LogP contribution in [0, 0.1) is 6.92 Å². The number of aryl methyl sites for hydroxylation is 1. The van der Waals surface area contributed by atoms with Crippen LogP contribution in [0.1, 0.15) is 29.2 Å². The van der Waals surface area contributed by atoms with Crippen molar-refractivity contribution in [2.24, 2.45) is 0 Å². The SMILES string of the molecule is Cc1ccc(C(=O)CCCO)o1. The van der Waals surface area contributed by atoms with E-state index < -0.39 is 0 Å². The van der Waals surface area contributed by atoms with Gasteiger partial charge in [0.2, 0.25) is 0 Å². The molecule has 66 valence electrons. The summed E-state index contributed by atoms with van der Waals surface area (Å²) in [6.07, 6.45) is 0.849. The van der Waals surface area contributed by atoms with Crippen LogP contribution >= 0.6 is 0 Å². The van der Waals surface area contributed by atoms with Gasteiger partial charge in [-0.2, -0.15) is 0 Å². The molecule has 0 saturated heterocycles. The molecule has 1 aromatic rings. The summed E-state index contributed by atoms with van der Waals surface area (Å²) in [6, 6.07) is 3.42. The number of carbonyl (C=O) groups excluding carboxylic acids is 1. The standard InChI is InChI=1S/C9H12O3/c1-7-4-5-9(12-7)8(11)3-2-6-10/h4-5,10H,2-3,6H2,1H3. The maximum absolute atomic E-state index is 11.2. The van der Waals surface area contributed by atoms with Crippen LogP contribution in [0.15, 0.2) is 16.5 Å². The van der Waals surface area contributed by atoms with Crippen LogP contribution in [0.2, 0.25) is 0 Å². The summed E-state index contributed by atoms with van der Waals surface area (Å²) in [6.45, 7) is 1.84. The Morgan fingerprint density at radius 1 is 1.58 bits per heavy atom. The lowest BCUT2D eigenvalue weighted by Crippen LogP contribution is -1.98. The summed E-state index contributed by atoms with van der Waals surface area (Å²) in [5, 5.41) is 8.48. The lowest BCUT2D eigenvalue weighted by molar-refractivity contribution is 0.0943. The van der Waals surface area contributed by atoms with Crippen LogP contribution in [-0.4, -0.2) is 17.5 Å². The molecule has 0 aliphatic carbocycles. The predicted molar refractivity (Wildman–Crippen MR) is 44.1 cm³/mol. The fourth-order valence-electron chi connectivity index (χ4n) is 0.947. The smallest absolute Gasteiger partial charge is 0.198 e. The highest BCUT2D eigenvalue weighted by atomic mass is 16.3. The van der Waals surface area contributed by atoms with Crippen molar-refractivity contribution in [2.75, 3.05) is 6.61 Å². The van der Waals surface area contributed by atoms with Crippen molar-refractivity contribution >= 4 is 5.78 Å². The first-order chi connectivity index (χ1) is 5.74. The highest BCUT2D eigenvalue weighted by molar-refractivity contribution is 5.93. The van der Waals surface area contributed by atoms with Gasteiger partial charge in [0.1, 0.15) is 5.76 Å². The Balaban J connectivity index is 2.53. The molecule has 0 aliphatic rings. The molecule has 3 nitrogen and oxygen atoms in total. The van der Waals surface area contributed by atoms with Gasteiger partial charge in [-0.25, -0.2) is 0 Å². The van der Waals surface area contributed by atoms with E-state index in [-0.39, 0.29) is 12.4 Å². The van der Waals surface area contributed by atoms with E-state index in [0.717, 1.165) is 5.76 Å². The van der Waals surface area contributed by atoms with E-state index >= 15 is 0 Å². The number of rotatable bonds is 4. The molecule has 0 saturated carbocycles. The molecular weight excluding hydrogens is 156 g/mol. The molecule has 0 amide bonds. The molecule has 3 heteroatoms. The van der Waals surface area contributed by atoms with E-state index in [1.807, 2.05) is 0 Å². The molecule has 0 atom stereocenters. The monoisotopic (exact) mass is 168 g/mol. The third kappa shape index (κ3) is 2.20. The number of Topliss-reactive ketones (excluding diaryl/α,β-unsaturated/α-hetero) is 1. The van der Waals surface area contributed by atoms with Gasteiger partial charge in [0.15, 0.2) is 11.5 Å². The van der Waals surface area contributed by atoms with Crippen molar-refractivity contribution in [1.29, 1.82) is 0 Å². The van der Waals surface area contributed by atoms with E-state index in [1.165, 1.54) is 0 Å². The molecule has 0 bridgehead atoms. The Hall–Kier alpha value is -1.09. The Kier molecular flexibility index (Phi) is 3.05. The Bertz CT molecular complexity index is 262. The fraction of sp³-hybridized carbons (Fsp3) is 0.444. The number of aliphatic hydroxyl groups is 1. The zero-order valence-electron chi connectivity index (χ0n) is 7.04. The summed E-state index contributed by atoms with van der Waals surface area (Å²) in [7, 11) is 0. The van der Waals surface area contributed by atoms with Crippen LogP contribution in [-0.2, 0) is 0 Å². The van der Waals surface area contributed by atoms with Crippen LogP contribution in [0.5, 0.6) is 0 Å². The number of aliphatic hydroxyl groups excluding tert-OH is 1. The van der Waals surface area contributed by atoms with Gasteiger partial charge < -0.3 is 9.52 Å². The maximum Gasteiger partial charge on any atom is 0.198 e. The van der Waals surface area contributed by atoms with Crippen molar-refractivity contribution < 1.29 is 14.3 Å². The van der Waals surface area contributed by atoms with Gasteiger partial charge in [0, 0.05) is 13.0 Å². The van der Waals surface area contributed by atoms with E-state index in [0.29, 0.717) is 18.6 Å². The molecule has 0 radical (unpaired) electrons. The minimum absolute atomic E-state index is 0.0443. The second-order valence-electron chi connectivity index (χ2n) is 2.66. The quantitative estimate of drug-likeness (QED) is 0.694. The van der Waals surface area contributed by atoms with Gasteiger partial charge in [-0.15, -0.1) is 0 Å². The van der Waals surface area contributed by atoms with Crippen molar-refractivity contribution in [3.63, 3.8) is 0 Å². The molecule has 1 aromatic heterocycles. The molecule has 0 unspecified atom stereocenters. The Labute approximate surface area is 71.0 Å². The van der Waals surface area contributed by atoms with Crippen LogP contribution < -0.4 is 0 Å². The van der Waals surface area contributed by atoms with Crippen molar-refractivity contribution in [2.45, 2.75) is 19.8 Å². The van der Waals surface area contributed by atoms with E-state index in [9.17, 15) is 4.79 Å². The van der Waals surface area contributed by atoms with Gasteiger partial charge >= 0.3 is 0 Å². The second-order valence-corrected chi connectivity index (χ2v) is 2.66. The molecule has 12 heavy (non-hydrogen) atoms. The lowest BCUT2D eigenvalue weighted by atomic mass is 10.2. The third-order valence-electron chi connectivity index (χ3n) is 1.58. The summed E-state index contributed by atoms with van der Waals surface area (Å²) in [5.74, 6) is 1.08. The van der Waals surface area contributed by atoms with Crippen molar-refractivity contribution in [3.05, 3.63) is 23.7 Å². The number of hydrogen-bond acceptors (Lipinski definition) is 3. The largest absolute Gasteiger partial charge is 0.458 e. The summed E-state index contributed by atoms with van der Waals surface area (Å²) in [4.78, 5) is 11.2. The highest BCUT2D eigenvalue weighted by Crippen LogP contribution is 2.09. The van der Waals surface area contributed by atoms with Crippen LogP contribution in [0.25, 0.3) is 0 Å². The van der Waals surface area contributed by atoms with E-state index in [2.05, 4.69) is 0 Å². The Morgan fingerprint density at radius 2 is 2.33 bits per heavy atom. The third-order valence-corrected chi connectivity index (χ3v) is 1.58. The van der Waals surface area contributed by atoms with Crippen molar-refractivity contribution in [1.82, 2.24) is 0 Å². The number of furan rings is 1. The summed E-state index contributed by atoms with van der Waals surface area (Å²) in [5.41, 5.74) is 0. The lowest BCUT2D eigenvalue weighted by Gasteiger charge is -1.93. The molecule has 0 aliphatic heterocycles. The minimum Gasteiger partial charge on any atom is -0.458 e. The van der Waals surface area contributed by atoms with Gasteiger partial charge in [-0.05, 0) is 25.5 Å². The van der Waals surface area contributed by atoms with Crippen molar-refractivity contribution in [3.8, 4) is 0 Å². The molecule has 1 heterocycles. The summed E-state index contributed by atoms with van der Waals surface area (Å²) >= 11 is 0. The molecule has 0 fully saturated rings. The number of hydrogen-bond donors (Lipinski definition) is 1. The first kappa shape index (κ1) is 9.00. The normalized spacial score (nSPS) is 10.2. The first-order valence-electron chi connectivity index (χ1n) is 3.94. The Morgan fingerprint density at radius 3 is 2.83 bits per heavy atom. The van der Waals surface area contributed by atoms with E-state index in [1.54, 1.807) is 19.1 Å². The fourth-order valence-corrected chi connectivity index (χ4v) is 0.947.